The Kier molecular flexibility index (Phi) is 7.39. The molecule has 112 valence electrons. The minimum atomic E-state index is 0.0467. The average Bonchev–Trinajstić information content (AvgIpc) is 2.84. The minimum Gasteiger partial charge on any atom is -0.347 e. The molecule has 1 rings (SSSR count). The first-order valence-electron chi connectivity index (χ1n) is 7.70. The Hall–Kier alpha value is -0.610. The summed E-state index contributed by atoms with van der Waals surface area (Å²) >= 11 is 0. The van der Waals surface area contributed by atoms with Crippen molar-refractivity contribution in [2.45, 2.75) is 57.5 Å². The van der Waals surface area contributed by atoms with Crippen LogP contribution in [0, 0.1) is 0 Å². The van der Waals surface area contributed by atoms with Crippen LogP contribution in [0.2, 0.25) is 0 Å². The van der Waals surface area contributed by atoms with Gasteiger partial charge in [0.05, 0.1) is 6.04 Å². The van der Waals surface area contributed by atoms with Crippen LogP contribution in [-0.2, 0) is 4.79 Å². The van der Waals surface area contributed by atoms with E-state index in [9.17, 15) is 4.79 Å². The lowest BCUT2D eigenvalue weighted by atomic mass is 10.1. The van der Waals surface area contributed by atoms with Crippen molar-refractivity contribution in [1.82, 2.24) is 15.1 Å². The van der Waals surface area contributed by atoms with Crippen LogP contribution >= 0.6 is 0 Å². The van der Waals surface area contributed by atoms with Gasteiger partial charge < -0.3 is 15.1 Å². The first kappa shape index (κ1) is 16.4. The molecule has 1 amide bonds. The molecule has 4 nitrogen and oxygen atoms in total. The van der Waals surface area contributed by atoms with Crippen LogP contribution in [0.1, 0.15) is 45.4 Å². The smallest absolute Gasteiger partial charge is 0.239 e. The Bertz CT molecular complexity index is 268. The molecule has 0 bridgehead atoms. The third-order valence-electron chi connectivity index (χ3n) is 3.98. The van der Waals surface area contributed by atoms with Crippen LogP contribution in [0.5, 0.6) is 0 Å². The number of hydrogen-bond acceptors (Lipinski definition) is 3. The summed E-state index contributed by atoms with van der Waals surface area (Å²) in [6, 6.07) is 0.563. The highest BCUT2D eigenvalue weighted by atomic mass is 16.2. The molecule has 0 aromatic carbocycles. The van der Waals surface area contributed by atoms with Gasteiger partial charge in [-0.2, -0.15) is 0 Å². The largest absolute Gasteiger partial charge is 0.347 e. The lowest BCUT2D eigenvalue weighted by molar-refractivity contribution is -0.130. The summed E-state index contributed by atoms with van der Waals surface area (Å²) in [5.41, 5.74) is 0. The molecule has 1 heterocycles. The molecule has 0 saturated carbocycles. The molecule has 0 spiro atoms. The number of likely N-dealkylation sites (N-methyl/N-ethyl adjacent to an activating group) is 1. The summed E-state index contributed by atoms with van der Waals surface area (Å²) in [6.45, 7) is 4.56. The molecular formula is C15H31N3O. The van der Waals surface area contributed by atoms with Gasteiger partial charge in [-0.1, -0.05) is 19.8 Å². The summed E-state index contributed by atoms with van der Waals surface area (Å²) in [5, 5.41) is 3.48. The monoisotopic (exact) mass is 269 g/mol. The molecule has 19 heavy (non-hydrogen) atoms. The second-order valence-electron chi connectivity index (χ2n) is 6.03. The molecule has 0 radical (unpaired) electrons. The van der Waals surface area contributed by atoms with Crippen molar-refractivity contribution < 1.29 is 4.79 Å². The average molecular weight is 269 g/mol. The van der Waals surface area contributed by atoms with Gasteiger partial charge in [0, 0.05) is 20.1 Å². The quantitative estimate of drug-likeness (QED) is 0.681. The number of carbonyl (C=O) groups is 1. The van der Waals surface area contributed by atoms with Gasteiger partial charge in [0.15, 0.2) is 0 Å². The molecule has 1 saturated heterocycles. The highest BCUT2D eigenvalue weighted by molar-refractivity contribution is 5.81. The molecule has 1 aliphatic heterocycles. The van der Waals surface area contributed by atoms with Gasteiger partial charge in [0.1, 0.15) is 0 Å². The molecule has 2 unspecified atom stereocenters. The molecular weight excluding hydrogens is 238 g/mol. The Balaban J connectivity index is 2.16. The number of amides is 1. The van der Waals surface area contributed by atoms with Gasteiger partial charge in [0.2, 0.25) is 5.91 Å². The lowest BCUT2D eigenvalue weighted by Gasteiger charge is -2.20. The highest BCUT2D eigenvalue weighted by Gasteiger charge is 2.29. The third-order valence-corrected chi connectivity index (χ3v) is 3.98. The van der Waals surface area contributed by atoms with Gasteiger partial charge in [0.25, 0.3) is 0 Å². The molecule has 1 fully saturated rings. The molecule has 4 heteroatoms. The van der Waals surface area contributed by atoms with Crippen LogP contribution in [0.15, 0.2) is 0 Å². The topological polar surface area (TPSA) is 35.6 Å². The van der Waals surface area contributed by atoms with E-state index in [0.717, 1.165) is 25.8 Å². The van der Waals surface area contributed by atoms with E-state index < -0.39 is 0 Å². The van der Waals surface area contributed by atoms with E-state index in [4.69, 9.17) is 0 Å². The molecule has 0 aromatic rings. The molecule has 0 aromatic heterocycles. The van der Waals surface area contributed by atoms with Crippen molar-refractivity contribution in [3.63, 3.8) is 0 Å². The van der Waals surface area contributed by atoms with Crippen molar-refractivity contribution in [2.24, 2.45) is 0 Å². The zero-order chi connectivity index (χ0) is 14.3. The maximum absolute atomic E-state index is 11.9. The fourth-order valence-electron chi connectivity index (χ4n) is 2.67. The van der Waals surface area contributed by atoms with Crippen molar-refractivity contribution in [3.8, 4) is 0 Å². The van der Waals surface area contributed by atoms with Crippen LogP contribution in [0.4, 0.5) is 0 Å². The van der Waals surface area contributed by atoms with E-state index in [0.29, 0.717) is 6.04 Å². The minimum absolute atomic E-state index is 0.0467. The number of unbranched alkanes of at least 4 members (excludes halogenated alkanes) is 2. The SMILES string of the molecule is CCCCCN(C)CCC1CCC(C(=O)N(C)C)N1. The summed E-state index contributed by atoms with van der Waals surface area (Å²) in [6.07, 6.45) is 7.18. The molecule has 0 aliphatic carbocycles. The summed E-state index contributed by atoms with van der Waals surface area (Å²) in [7, 11) is 5.87. The molecule has 2 atom stereocenters. The van der Waals surface area contributed by atoms with Crippen molar-refractivity contribution in [2.75, 3.05) is 34.2 Å². The van der Waals surface area contributed by atoms with Crippen molar-refractivity contribution in [3.05, 3.63) is 0 Å². The Morgan fingerprint density at radius 1 is 1.16 bits per heavy atom. The Morgan fingerprint density at radius 3 is 2.53 bits per heavy atom. The second kappa shape index (κ2) is 8.54. The number of hydrogen-bond donors (Lipinski definition) is 1. The fourth-order valence-corrected chi connectivity index (χ4v) is 2.67. The normalized spacial score (nSPS) is 23.0. The molecule has 1 N–H and O–H groups in total. The van der Waals surface area contributed by atoms with Gasteiger partial charge in [-0.15, -0.1) is 0 Å². The first-order chi connectivity index (χ1) is 9.04. The van der Waals surface area contributed by atoms with Crippen LogP contribution in [0.3, 0.4) is 0 Å². The predicted molar refractivity (Wildman–Crippen MR) is 80.3 cm³/mol. The lowest BCUT2D eigenvalue weighted by Crippen LogP contribution is -2.42. The Morgan fingerprint density at radius 2 is 1.89 bits per heavy atom. The standard InChI is InChI=1S/C15H31N3O/c1-5-6-7-11-18(4)12-10-13-8-9-14(16-13)15(19)17(2)3/h13-14,16H,5-12H2,1-4H3. The van der Waals surface area contributed by atoms with E-state index in [1.165, 1.54) is 25.8 Å². The number of nitrogens with one attached hydrogen (secondary N) is 1. The summed E-state index contributed by atoms with van der Waals surface area (Å²) in [5.74, 6) is 0.221. The van der Waals surface area contributed by atoms with E-state index >= 15 is 0 Å². The highest BCUT2D eigenvalue weighted by Crippen LogP contribution is 2.16. The van der Waals surface area contributed by atoms with E-state index in [1.807, 2.05) is 14.1 Å². The molecule has 1 aliphatic rings. The van der Waals surface area contributed by atoms with Gasteiger partial charge in [-0.25, -0.2) is 0 Å². The van der Waals surface area contributed by atoms with Crippen molar-refractivity contribution >= 4 is 5.91 Å². The number of nitrogens with zero attached hydrogens (tertiary/aromatic N) is 2. The summed E-state index contributed by atoms with van der Waals surface area (Å²) < 4.78 is 0. The van der Waals surface area contributed by atoms with E-state index in [-0.39, 0.29) is 11.9 Å². The second-order valence-corrected chi connectivity index (χ2v) is 6.03. The Labute approximate surface area is 118 Å². The zero-order valence-corrected chi connectivity index (χ0v) is 13.1. The maximum atomic E-state index is 11.9. The van der Waals surface area contributed by atoms with Gasteiger partial charge in [-0.3, -0.25) is 4.79 Å². The van der Waals surface area contributed by atoms with Crippen LogP contribution < -0.4 is 5.32 Å². The third kappa shape index (κ3) is 5.91. The summed E-state index contributed by atoms with van der Waals surface area (Å²) in [4.78, 5) is 16.0. The maximum Gasteiger partial charge on any atom is 0.239 e. The number of carbonyl (C=O) groups excluding carboxylic acids is 1. The first-order valence-corrected chi connectivity index (χ1v) is 7.70. The van der Waals surface area contributed by atoms with Gasteiger partial charge >= 0.3 is 0 Å². The predicted octanol–water partition coefficient (Wildman–Crippen LogP) is 1.71. The van der Waals surface area contributed by atoms with E-state index in [1.54, 1.807) is 4.90 Å². The fraction of sp³-hybridized carbons (Fsp3) is 0.933. The van der Waals surface area contributed by atoms with E-state index in [2.05, 4.69) is 24.2 Å². The number of rotatable bonds is 8. The van der Waals surface area contributed by atoms with Crippen LogP contribution in [-0.4, -0.2) is 62.0 Å². The van der Waals surface area contributed by atoms with Crippen molar-refractivity contribution in [1.29, 1.82) is 0 Å². The zero-order valence-electron chi connectivity index (χ0n) is 13.1. The van der Waals surface area contributed by atoms with Gasteiger partial charge in [-0.05, 0) is 45.8 Å². The van der Waals surface area contributed by atoms with Crippen LogP contribution in [0.25, 0.3) is 0 Å².